The zero-order chi connectivity index (χ0) is 17.3. The molecule has 3 rings (SSSR count). The van der Waals surface area contributed by atoms with Crippen LogP contribution >= 0.6 is 0 Å². The first-order chi connectivity index (χ1) is 11.5. The zero-order valence-corrected chi connectivity index (χ0v) is 12.4. The lowest BCUT2D eigenvalue weighted by Crippen LogP contribution is -2.21. The number of halogens is 3. The van der Waals surface area contributed by atoms with Gasteiger partial charge in [0.25, 0.3) is 0 Å². The van der Waals surface area contributed by atoms with Crippen LogP contribution in [0.25, 0.3) is 0 Å². The topological polar surface area (TPSA) is 58.2 Å². The summed E-state index contributed by atoms with van der Waals surface area (Å²) in [6.45, 7) is 0. The Kier molecular flexibility index (Phi) is 4.24. The molecule has 1 aliphatic carbocycles. The van der Waals surface area contributed by atoms with E-state index in [-0.39, 0.29) is 17.8 Å². The molecule has 0 saturated heterocycles. The molecule has 2 N–H and O–H groups in total. The Morgan fingerprint density at radius 2 is 1.42 bits per heavy atom. The van der Waals surface area contributed by atoms with Crippen molar-refractivity contribution in [2.75, 3.05) is 10.6 Å². The van der Waals surface area contributed by atoms with Gasteiger partial charge in [0.15, 0.2) is 0 Å². The maximum atomic E-state index is 13.5. The second-order valence-corrected chi connectivity index (χ2v) is 5.53. The van der Waals surface area contributed by atoms with Crippen LogP contribution in [-0.4, -0.2) is 11.8 Å². The highest BCUT2D eigenvalue weighted by atomic mass is 19.1. The number of nitrogens with one attached hydrogen (secondary N) is 2. The third-order valence-corrected chi connectivity index (χ3v) is 3.78. The Hall–Kier alpha value is -2.83. The van der Waals surface area contributed by atoms with E-state index in [1.54, 1.807) is 6.07 Å². The standard InChI is InChI=1S/C17H13F3N2O2/c18-9-5-6-15(13(20)7-9)22-17(24)11-8-10(11)16(23)21-14-4-2-1-3-12(14)19/h1-7,10-11H,8H2,(H,21,23)(H,22,24). The second-order valence-electron chi connectivity index (χ2n) is 5.53. The fraction of sp³-hybridized carbons (Fsp3) is 0.176. The highest BCUT2D eigenvalue weighted by Crippen LogP contribution is 2.40. The number of carbonyl (C=O) groups excluding carboxylic acids is 2. The molecule has 7 heteroatoms. The first kappa shape index (κ1) is 16.0. The lowest BCUT2D eigenvalue weighted by atomic mass is 10.2. The van der Waals surface area contributed by atoms with Crippen molar-refractivity contribution >= 4 is 23.2 Å². The number of rotatable bonds is 4. The van der Waals surface area contributed by atoms with Crippen LogP contribution in [0.2, 0.25) is 0 Å². The molecular formula is C17H13F3N2O2. The van der Waals surface area contributed by atoms with Gasteiger partial charge in [0.2, 0.25) is 11.8 Å². The monoisotopic (exact) mass is 334 g/mol. The third kappa shape index (κ3) is 3.40. The van der Waals surface area contributed by atoms with Crippen molar-refractivity contribution in [3.63, 3.8) is 0 Å². The van der Waals surface area contributed by atoms with Gasteiger partial charge in [-0.05, 0) is 30.7 Å². The molecule has 1 aliphatic rings. The zero-order valence-electron chi connectivity index (χ0n) is 12.4. The second kappa shape index (κ2) is 6.35. The molecule has 1 saturated carbocycles. The average molecular weight is 334 g/mol. The van der Waals surface area contributed by atoms with E-state index < -0.39 is 41.1 Å². The van der Waals surface area contributed by atoms with E-state index in [9.17, 15) is 22.8 Å². The maximum Gasteiger partial charge on any atom is 0.228 e. The molecule has 1 fully saturated rings. The fourth-order valence-electron chi connectivity index (χ4n) is 2.38. The van der Waals surface area contributed by atoms with E-state index in [2.05, 4.69) is 10.6 Å². The van der Waals surface area contributed by atoms with Gasteiger partial charge >= 0.3 is 0 Å². The molecule has 0 heterocycles. The summed E-state index contributed by atoms with van der Waals surface area (Å²) in [5.74, 6) is -4.44. The normalized spacial score (nSPS) is 18.8. The number of para-hydroxylation sites is 1. The average Bonchev–Trinajstić information content (AvgIpc) is 3.33. The van der Waals surface area contributed by atoms with Crippen LogP contribution in [0.15, 0.2) is 42.5 Å². The number of benzene rings is 2. The molecule has 0 bridgehead atoms. The Balaban J connectivity index is 1.59. The first-order valence-electron chi connectivity index (χ1n) is 7.27. The molecule has 4 nitrogen and oxygen atoms in total. The third-order valence-electron chi connectivity index (χ3n) is 3.78. The molecule has 24 heavy (non-hydrogen) atoms. The quantitative estimate of drug-likeness (QED) is 0.901. The maximum absolute atomic E-state index is 13.5. The Morgan fingerprint density at radius 1 is 0.833 bits per heavy atom. The van der Waals surface area contributed by atoms with E-state index in [0.717, 1.165) is 12.1 Å². The minimum Gasteiger partial charge on any atom is -0.323 e. The molecule has 0 radical (unpaired) electrons. The lowest BCUT2D eigenvalue weighted by molar-refractivity contribution is -0.122. The van der Waals surface area contributed by atoms with Gasteiger partial charge in [0.05, 0.1) is 23.2 Å². The summed E-state index contributed by atoms with van der Waals surface area (Å²) >= 11 is 0. The molecular weight excluding hydrogens is 321 g/mol. The summed E-state index contributed by atoms with van der Waals surface area (Å²) in [5, 5.41) is 4.75. The summed E-state index contributed by atoms with van der Waals surface area (Å²) in [4.78, 5) is 24.0. The van der Waals surface area contributed by atoms with Crippen molar-refractivity contribution in [2.24, 2.45) is 11.8 Å². The van der Waals surface area contributed by atoms with Gasteiger partial charge in [-0.25, -0.2) is 13.2 Å². The van der Waals surface area contributed by atoms with E-state index in [4.69, 9.17) is 0 Å². The van der Waals surface area contributed by atoms with Gasteiger partial charge < -0.3 is 10.6 Å². The van der Waals surface area contributed by atoms with E-state index >= 15 is 0 Å². The molecule has 2 amide bonds. The highest BCUT2D eigenvalue weighted by Gasteiger charge is 2.48. The van der Waals surface area contributed by atoms with Crippen molar-refractivity contribution < 1.29 is 22.8 Å². The minimum atomic E-state index is -0.892. The Labute approximate surface area is 135 Å². The van der Waals surface area contributed by atoms with E-state index in [1.807, 2.05) is 0 Å². The van der Waals surface area contributed by atoms with Crippen LogP contribution in [0.3, 0.4) is 0 Å². The van der Waals surface area contributed by atoms with Gasteiger partial charge in [-0.3, -0.25) is 9.59 Å². The number of hydrogen-bond acceptors (Lipinski definition) is 2. The molecule has 0 aromatic heterocycles. The van der Waals surface area contributed by atoms with Crippen molar-refractivity contribution in [1.82, 2.24) is 0 Å². The molecule has 2 aromatic rings. The van der Waals surface area contributed by atoms with E-state index in [1.165, 1.54) is 18.2 Å². The Morgan fingerprint density at radius 3 is 2.00 bits per heavy atom. The van der Waals surface area contributed by atoms with Crippen LogP contribution < -0.4 is 10.6 Å². The number of carbonyl (C=O) groups is 2. The van der Waals surface area contributed by atoms with Gasteiger partial charge in [0, 0.05) is 6.07 Å². The summed E-state index contributed by atoms with van der Waals surface area (Å²) in [6, 6.07) is 8.49. The van der Waals surface area contributed by atoms with Crippen LogP contribution in [0.5, 0.6) is 0 Å². The van der Waals surface area contributed by atoms with Gasteiger partial charge in [-0.1, -0.05) is 12.1 Å². The molecule has 2 unspecified atom stereocenters. The fourth-order valence-corrected chi connectivity index (χ4v) is 2.38. The van der Waals surface area contributed by atoms with Crippen LogP contribution in [0.1, 0.15) is 6.42 Å². The largest absolute Gasteiger partial charge is 0.323 e. The molecule has 0 aliphatic heterocycles. The SMILES string of the molecule is O=C(Nc1ccccc1F)C1CC1C(=O)Nc1ccc(F)cc1F. The highest BCUT2D eigenvalue weighted by molar-refractivity contribution is 6.03. The van der Waals surface area contributed by atoms with Crippen molar-refractivity contribution in [2.45, 2.75) is 6.42 Å². The molecule has 2 aromatic carbocycles. The van der Waals surface area contributed by atoms with Gasteiger partial charge in [0.1, 0.15) is 17.5 Å². The van der Waals surface area contributed by atoms with Gasteiger partial charge in [-0.15, -0.1) is 0 Å². The van der Waals surface area contributed by atoms with E-state index in [0.29, 0.717) is 6.07 Å². The smallest absolute Gasteiger partial charge is 0.228 e. The summed E-state index contributed by atoms with van der Waals surface area (Å²) in [7, 11) is 0. The first-order valence-corrected chi connectivity index (χ1v) is 7.27. The number of anilines is 2. The lowest BCUT2D eigenvalue weighted by Gasteiger charge is -2.07. The molecule has 0 spiro atoms. The number of amides is 2. The van der Waals surface area contributed by atoms with Crippen molar-refractivity contribution in [3.8, 4) is 0 Å². The van der Waals surface area contributed by atoms with Crippen molar-refractivity contribution in [1.29, 1.82) is 0 Å². The van der Waals surface area contributed by atoms with Crippen LogP contribution in [0, 0.1) is 29.3 Å². The minimum absolute atomic E-state index is 0.0399. The summed E-state index contributed by atoms with van der Waals surface area (Å²) < 4.78 is 39.8. The predicted octanol–water partition coefficient (Wildman–Crippen LogP) is 3.32. The van der Waals surface area contributed by atoms with Crippen LogP contribution in [0.4, 0.5) is 24.5 Å². The summed E-state index contributed by atoms with van der Waals surface area (Å²) in [5.41, 5.74) is -0.111. The molecule has 124 valence electrons. The number of hydrogen-bond donors (Lipinski definition) is 2. The van der Waals surface area contributed by atoms with Crippen molar-refractivity contribution in [3.05, 3.63) is 59.9 Å². The molecule has 2 atom stereocenters. The summed E-state index contributed by atoms with van der Waals surface area (Å²) in [6.07, 6.45) is 0.287. The van der Waals surface area contributed by atoms with Crippen LogP contribution in [-0.2, 0) is 9.59 Å². The Bertz CT molecular complexity index is 810. The van der Waals surface area contributed by atoms with Gasteiger partial charge in [-0.2, -0.15) is 0 Å². The predicted molar refractivity (Wildman–Crippen MR) is 81.6 cm³/mol.